The van der Waals surface area contributed by atoms with E-state index in [1.165, 1.54) is 25.3 Å². The molecule has 1 unspecified atom stereocenters. The Morgan fingerprint density at radius 1 is 1.32 bits per heavy atom. The fourth-order valence-corrected chi connectivity index (χ4v) is 3.73. The molecule has 0 amide bonds. The molecule has 0 aliphatic carbocycles. The van der Waals surface area contributed by atoms with Gasteiger partial charge in [0.25, 0.3) is 0 Å². The number of esters is 1. The summed E-state index contributed by atoms with van der Waals surface area (Å²) in [4.78, 5) is 36.6. The first-order valence-corrected chi connectivity index (χ1v) is 7.95. The van der Waals surface area contributed by atoms with E-state index in [-0.39, 0.29) is 23.5 Å². The Labute approximate surface area is 142 Å². The lowest BCUT2D eigenvalue weighted by Gasteiger charge is -2.45. The van der Waals surface area contributed by atoms with Gasteiger partial charge in [0.05, 0.1) is 7.11 Å². The van der Waals surface area contributed by atoms with Gasteiger partial charge in [-0.1, -0.05) is 18.2 Å². The number of carbonyl (C=O) groups excluding carboxylic acids is 2. The molecule has 0 saturated carbocycles. The van der Waals surface area contributed by atoms with Crippen LogP contribution in [0.15, 0.2) is 35.6 Å². The van der Waals surface area contributed by atoms with E-state index < -0.39 is 29.5 Å². The van der Waals surface area contributed by atoms with Gasteiger partial charge in [0.1, 0.15) is 29.8 Å². The Morgan fingerprint density at radius 3 is 2.88 bits per heavy atom. The van der Waals surface area contributed by atoms with Crippen molar-refractivity contribution >= 4 is 11.9 Å². The van der Waals surface area contributed by atoms with Gasteiger partial charge in [0.2, 0.25) is 5.72 Å². The molecule has 4 rings (SSSR count). The number of benzene rings is 1. The summed E-state index contributed by atoms with van der Waals surface area (Å²) in [6.07, 6.45) is 1.22. The lowest BCUT2D eigenvalue weighted by Crippen LogP contribution is -2.60. The normalized spacial score (nSPS) is 29.4. The Balaban J connectivity index is 1.98. The minimum Gasteiger partial charge on any atom is -0.497 e. The summed E-state index contributed by atoms with van der Waals surface area (Å²) in [6.45, 7) is 0.346. The fraction of sp³-hybridized carbons (Fsp3) is 0.412. The van der Waals surface area contributed by atoms with Crippen molar-refractivity contribution in [3.05, 3.63) is 47.0 Å². The topological polar surface area (TPSA) is 74.3 Å². The zero-order valence-electron chi connectivity index (χ0n) is 13.5. The molecule has 132 valence electrons. The molecule has 25 heavy (non-hydrogen) atoms. The average molecular weight is 349 g/mol. The van der Waals surface area contributed by atoms with E-state index in [1.54, 1.807) is 11.0 Å². The maximum absolute atomic E-state index is 14.7. The molecule has 2 atom stereocenters. The van der Waals surface area contributed by atoms with Crippen LogP contribution < -0.4 is 0 Å². The molecule has 0 radical (unpaired) electrons. The molecule has 1 aromatic carbocycles. The number of halogens is 1. The number of nitrogens with zero attached hydrogens (tertiary/aromatic N) is 1. The monoisotopic (exact) mass is 349 g/mol. The summed E-state index contributed by atoms with van der Waals surface area (Å²) in [7, 11) is 1.39. The van der Waals surface area contributed by atoms with Gasteiger partial charge in [-0.15, -0.1) is 0 Å². The van der Waals surface area contributed by atoms with Crippen molar-refractivity contribution in [1.82, 2.24) is 4.90 Å². The van der Waals surface area contributed by atoms with Crippen LogP contribution >= 0.6 is 0 Å². The number of hydrogen-bond donors (Lipinski definition) is 0. The van der Waals surface area contributed by atoms with Crippen molar-refractivity contribution in [2.75, 3.05) is 20.3 Å². The number of carbonyl (C=O) groups is 2. The Bertz CT molecular complexity index is 778. The van der Waals surface area contributed by atoms with Crippen molar-refractivity contribution in [2.24, 2.45) is 0 Å². The van der Waals surface area contributed by atoms with Crippen LogP contribution in [-0.2, 0) is 34.6 Å². The molecule has 2 fully saturated rings. The minimum absolute atomic E-state index is 0.000463. The smallest absolute Gasteiger partial charge is 0.359 e. The third-order valence-electron chi connectivity index (χ3n) is 4.82. The molecule has 0 spiro atoms. The van der Waals surface area contributed by atoms with Crippen LogP contribution in [0.4, 0.5) is 4.39 Å². The molecule has 1 aromatic rings. The van der Waals surface area contributed by atoms with Gasteiger partial charge in [0.15, 0.2) is 0 Å². The number of fused-ring (bicyclic) bond motifs is 1. The predicted octanol–water partition coefficient (Wildman–Crippen LogP) is 1.39. The molecule has 3 aliphatic heterocycles. The van der Waals surface area contributed by atoms with E-state index in [0.717, 1.165) is 0 Å². The molecule has 7 nitrogen and oxygen atoms in total. The van der Waals surface area contributed by atoms with E-state index >= 15 is 0 Å². The number of rotatable bonds is 3. The molecule has 0 bridgehead atoms. The number of hydrogen-bond acceptors (Lipinski definition) is 7. The Morgan fingerprint density at radius 2 is 2.12 bits per heavy atom. The standard InChI is InChI=1S/C17H16FNO6/c1-22-13-9-23-16(21)14(13)17(10-5-2-3-6-11(10)18)19-8-4-7-12(19)15(20)24-25-17/h2-3,5-6,12H,4,7-9H2,1H3/t12-,17?/m0/s1. The zero-order valence-corrected chi connectivity index (χ0v) is 13.5. The summed E-state index contributed by atoms with van der Waals surface area (Å²) in [5.41, 5.74) is -1.67. The first-order chi connectivity index (χ1) is 12.1. The van der Waals surface area contributed by atoms with Crippen molar-refractivity contribution in [3.8, 4) is 0 Å². The van der Waals surface area contributed by atoms with Crippen molar-refractivity contribution in [2.45, 2.75) is 24.6 Å². The van der Waals surface area contributed by atoms with Crippen molar-refractivity contribution in [1.29, 1.82) is 0 Å². The first-order valence-electron chi connectivity index (χ1n) is 7.95. The average Bonchev–Trinajstić information content (AvgIpc) is 3.25. The van der Waals surface area contributed by atoms with Gasteiger partial charge in [-0.05, 0) is 18.9 Å². The highest BCUT2D eigenvalue weighted by molar-refractivity contribution is 5.94. The largest absolute Gasteiger partial charge is 0.497 e. The fourth-order valence-electron chi connectivity index (χ4n) is 3.73. The highest BCUT2D eigenvalue weighted by Gasteiger charge is 2.61. The van der Waals surface area contributed by atoms with Gasteiger partial charge >= 0.3 is 11.9 Å². The second-order valence-corrected chi connectivity index (χ2v) is 6.04. The number of cyclic esters (lactones) is 1. The predicted molar refractivity (Wildman–Crippen MR) is 80.0 cm³/mol. The van der Waals surface area contributed by atoms with Gasteiger partial charge in [-0.2, -0.15) is 4.89 Å². The second kappa shape index (κ2) is 5.82. The zero-order chi connectivity index (χ0) is 17.6. The molecule has 3 aliphatic rings. The summed E-state index contributed by atoms with van der Waals surface area (Å²) in [6, 6.07) is 5.28. The molecular weight excluding hydrogens is 333 g/mol. The van der Waals surface area contributed by atoms with Crippen LogP contribution in [-0.4, -0.2) is 43.1 Å². The third-order valence-corrected chi connectivity index (χ3v) is 4.82. The molecule has 3 heterocycles. The van der Waals surface area contributed by atoms with Crippen LogP contribution in [0.1, 0.15) is 18.4 Å². The van der Waals surface area contributed by atoms with Crippen LogP contribution in [0.3, 0.4) is 0 Å². The van der Waals surface area contributed by atoms with Gasteiger partial charge in [-0.3, -0.25) is 9.79 Å². The quantitative estimate of drug-likeness (QED) is 0.603. The van der Waals surface area contributed by atoms with Crippen LogP contribution in [0.5, 0.6) is 0 Å². The molecule has 0 N–H and O–H groups in total. The van der Waals surface area contributed by atoms with E-state index in [2.05, 4.69) is 0 Å². The molecule has 8 heteroatoms. The summed E-state index contributed by atoms with van der Waals surface area (Å²) in [5, 5.41) is 0. The van der Waals surface area contributed by atoms with Crippen molar-refractivity contribution < 1.29 is 33.2 Å². The SMILES string of the molecule is COC1=C(C2(c3ccccc3F)OOC(=O)[C@@H]3CCCN32)C(=O)OC1. The summed E-state index contributed by atoms with van der Waals surface area (Å²) < 4.78 is 25.1. The van der Waals surface area contributed by atoms with Crippen LogP contribution in [0, 0.1) is 5.82 Å². The maximum Gasteiger partial charge on any atom is 0.359 e. The van der Waals surface area contributed by atoms with Crippen molar-refractivity contribution in [3.63, 3.8) is 0 Å². The molecular formula is C17H16FNO6. The Kier molecular flexibility index (Phi) is 3.73. The molecule has 2 saturated heterocycles. The van der Waals surface area contributed by atoms with Crippen LogP contribution in [0.25, 0.3) is 0 Å². The maximum atomic E-state index is 14.7. The number of ether oxygens (including phenoxy) is 2. The van der Waals surface area contributed by atoms with E-state index in [0.29, 0.717) is 19.4 Å². The lowest BCUT2D eigenvalue weighted by molar-refractivity contribution is -0.389. The van der Waals surface area contributed by atoms with Gasteiger partial charge in [0, 0.05) is 12.1 Å². The lowest BCUT2D eigenvalue weighted by atomic mass is 9.90. The van der Waals surface area contributed by atoms with E-state index in [4.69, 9.17) is 19.2 Å². The van der Waals surface area contributed by atoms with Gasteiger partial charge in [-0.25, -0.2) is 14.0 Å². The highest BCUT2D eigenvalue weighted by atomic mass is 19.1. The highest BCUT2D eigenvalue weighted by Crippen LogP contribution is 2.48. The summed E-state index contributed by atoms with van der Waals surface area (Å²) >= 11 is 0. The molecule has 0 aromatic heterocycles. The summed E-state index contributed by atoms with van der Waals surface area (Å²) in [5.74, 6) is -1.62. The van der Waals surface area contributed by atoms with E-state index in [1.807, 2.05) is 0 Å². The third kappa shape index (κ3) is 2.17. The Hall–Kier alpha value is -2.45. The van der Waals surface area contributed by atoms with E-state index in [9.17, 15) is 14.0 Å². The van der Waals surface area contributed by atoms with Gasteiger partial charge < -0.3 is 9.47 Å². The second-order valence-electron chi connectivity index (χ2n) is 6.04. The minimum atomic E-state index is -1.74. The van der Waals surface area contributed by atoms with Crippen LogP contribution in [0.2, 0.25) is 0 Å². The number of methoxy groups -OCH3 is 1. The first kappa shape index (κ1) is 16.0.